The van der Waals surface area contributed by atoms with E-state index in [1.54, 1.807) is 0 Å². The molecule has 66 valence electrons. The van der Waals surface area contributed by atoms with Crippen molar-refractivity contribution < 1.29 is 0 Å². The smallest absolute Gasteiger partial charge is 0.295 e. The predicted octanol–water partition coefficient (Wildman–Crippen LogP) is 0.869. The Morgan fingerprint density at radius 1 is 1.46 bits per heavy atom. The third-order valence-corrected chi connectivity index (χ3v) is 1.80. The van der Waals surface area contributed by atoms with Crippen molar-refractivity contribution in [3.8, 4) is 5.69 Å². The first-order valence-corrected chi connectivity index (χ1v) is 3.97. The molecule has 4 nitrogen and oxygen atoms in total. The molecule has 0 radical (unpaired) electrons. The number of aryl methyl sites for hydroxylation is 1. The van der Waals surface area contributed by atoms with Crippen LogP contribution in [0.1, 0.15) is 5.56 Å². The summed E-state index contributed by atoms with van der Waals surface area (Å²) in [6.45, 7) is 1.97. The van der Waals surface area contributed by atoms with Crippen LogP contribution >= 0.6 is 0 Å². The second-order valence-electron chi connectivity index (χ2n) is 2.84. The Bertz CT molecular complexity index is 469. The van der Waals surface area contributed by atoms with Gasteiger partial charge in [-0.2, -0.15) is 9.78 Å². The molecule has 0 unspecified atom stereocenters. The minimum atomic E-state index is -0.217. The van der Waals surface area contributed by atoms with E-state index >= 15 is 0 Å². The minimum absolute atomic E-state index is 0.217. The Balaban J connectivity index is 2.59. The summed E-state index contributed by atoms with van der Waals surface area (Å²) in [4.78, 5) is 13.7. The molecule has 0 fully saturated rings. The van der Waals surface area contributed by atoms with Crippen molar-refractivity contribution in [3.63, 3.8) is 0 Å². The Kier molecular flexibility index (Phi) is 1.73. The molecule has 0 aliphatic heterocycles. The minimum Gasteiger partial charge on any atom is -0.295 e. The lowest BCUT2D eigenvalue weighted by molar-refractivity contribution is 0.842. The molecule has 0 atom stereocenters. The zero-order valence-corrected chi connectivity index (χ0v) is 7.19. The number of nitrogens with one attached hydrogen (secondary N) is 1. The van der Waals surface area contributed by atoms with Gasteiger partial charge in [-0.25, -0.2) is 4.79 Å². The van der Waals surface area contributed by atoms with Crippen LogP contribution in [0.25, 0.3) is 5.69 Å². The quantitative estimate of drug-likeness (QED) is 0.699. The number of aromatic nitrogens is 3. The maximum atomic E-state index is 11.2. The molecule has 1 heterocycles. The Hall–Kier alpha value is -1.84. The molecule has 0 spiro atoms. The number of rotatable bonds is 1. The van der Waals surface area contributed by atoms with E-state index in [1.165, 1.54) is 11.0 Å². The molecule has 4 heteroatoms. The summed E-state index contributed by atoms with van der Waals surface area (Å²) in [5, 5.41) is 3.88. The second-order valence-corrected chi connectivity index (χ2v) is 2.84. The first kappa shape index (κ1) is 7.79. The molecule has 2 aromatic rings. The van der Waals surface area contributed by atoms with Gasteiger partial charge in [-0.1, -0.05) is 12.1 Å². The molecule has 0 amide bonds. The van der Waals surface area contributed by atoms with E-state index in [0.717, 1.165) is 11.3 Å². The number of benzene rings is 1. The van der Waals surface area contributed by atoms with E-state index in [9.17, 15) is 4.79 Å². The lowest BCUT2D eigenvalue weighted by Crippen LogP contribution is -2.15. The van der Waals surface area contributed by atoms with Crippen molar-refractivity contribution in [1.82, 2.24) is 14.8 Å². The van der Waals surface area contributed by atoms with Gasteiger partial charge in [-0.15, -0.1) is 0 Å². The lowest BCUT2D eigenvalue weighted by Gasteiger charge is -1.99. The van der Waals surface area contributed by atoms with Gasteiger partial charge in [0.2, 0.25) is 0 Å². The monoisotopic (exact) mass is 175 g/mol. The molecule has 1 N–H and O–H groups in total. The molecular weight excluding hydrogens is 166 g/mol. The molecule has 0 saturated heterocycles. The molecule has 0 bridgehead atoms. The average Bonchev–Trinajstić information content (AvgIpc) is 2.51. The lowest BCUT2D eigenvalue weighted by atomic mass is 10.2. The third kappa shape index (κ3) is 1.38. The molecular formula is C9H9N3O. The summed E-state index contributed by atoms with van der Waals surface area (Å²) in [6.07, 6.45) is 1.38. The van der Waals surface area contributed by atoms with Crippen molar-refractivity contribution in [2.75, 3.05) is 0 Å². The van der Waals surface area contributed by atoms with Crippen LogP contribution in [-0.4, -0.2) is 14.8 Å². The summed E-state index contributed by atoms with van der Waals surface area (Å²) in [5.74, 6) is 0. The molecule has 0 saturated carbocycles. The summed E-state index contributed by atoms with van der Waals surface area (Å²) in [5.41, 5.74) is 1.67. The summed E-state index contributed by atoms with van der Waals surface area (Å²) in [6, 6.07) is 7.62. The summed E-state index contributed by atoms with van der Waals surface area (Å²) >= 11 is 0. The highest BCUT2D eigenvalue weighted by atomic mass is 16.1. The number of hydrogen-bond acceptors (Lipinski definition) is 2. The number of H-pyrrole nitrogens is 1. The Labute approximate surface area is 74.8 Å². The van der Waals surface area contributed by atoms with Gasteiger partial charge in [0.25, 0.3) is 0 Å². The van der Waals surface area contributed by atoms with Crippen LogP contribution in [0, 0.1) is 6.92 Å². The zero-order chi connectivity index (χ0) is 9.26. The molecule has 13 heavy (non-hydrogen) atoms. The van der Waals surface area contributed by atoms with Crippen LogP contribution in [0.4, 0.5) is 0 Å². The number of aromatic amines is 1. The Morgan fingerprint density at radius 2 is 2.31 bits per heavy atom. The highest BCUT2D eigenvalue weighted by Crippen LogP contribution is 2.05. The van der Waals surface area contributed by atoms with Crippen LogP contribution in [0.5, 0.6) is 0 Å². The third-order valence-electron chi connectivity index (χ3n) is 1.80. The van der Waals surface area contributed by atoms with Gasteiger partial charge in [0.05, 0.1) is 5.69 Å². The fourth-order valence-corrected chi connectivity index (χ4v) is 1.20. The molecule has 1 aromatic heterocycles. The Morgan fingerprint density at radius 3 is 2.92 bits per heavy atom. The average molecular weight is 175 g/mol. The van der Waals surface area contributed by atoms with Gasteiger partial charge in [0.1, 0.15) is 6.33 Å². The fourth-order valence-electron chi connectivity index (χ4n) is 1.20. The number of hydrogen-bond donors (Lipinski definition) is 1. The van der Waals surface area contributed by atoms with Crippen LogP contribution < -0.4 is 5.69 Å². The normalized spacial score (nSPS) is 10.2. The molecule has 1 aromatic carbocycles. The topological polar surface area (TPSA) is 50.7 Å². The maximum Gasteiger partial charge on any atom is 0.347 e. The van der Waals surface area contributed by atoms with Crippen LogP contribution in [0.3, 0.4) is 0 Å². The maximum absolute atomic E-state index is 11.2. The summed E-state index contributed by atoms with van der Waals surface area (Å²) < 4.78 is 1.33. The van der Waals surface area contributed by atoms with Gasteiger partial charge in [-0.05, 0) is 24.6 Å². The van der Waals surface area contributed by atoms with Crippen molar-refractivity contribution in [3.05, 3.63) is 46.6 Å². The van der Waals surface area contributed by atoms with E-state index in [1.807, 2.05) is 31.2 Å². The van der Waals surface area contributed by atoms with Gasteiger partial charge in [0, 0.05) is 0 Å². The molecule has 0 aliphatic rings. The second kappa shape index (κ2) is 2.90. The largest absolute Gasteiger partial charge is 0.347 e. The first-order chi connectivity index (χ1) is 6.27. The predicted molar refractivity (Wildman–Crippen MR) is 48.9 cm³/mol. The van der Waals surface area contributed by atoms with Crippen molar-refractivity contribution in [2.24, 2.45) is 0 Å². The van der Waals surface area contributed by atoms with Crippen LogP contribution in [0.15, 0.2) is 35.4 Å². The van der Waals surface area contributed by atoms with Gasteiger partial charge in [0.15, 0.2) is 0 Å². The van der Waals surface area contributed by atoms with E-state index in [4.69, 9.17) is 0 Å². The van der Waals surface area contributed by atoms with Gasteiger partial charge in [-0.3, -0.25) is 4.98 Å². The van der Waals surface area contributed by atoms with E-state index in [0.29, 0.717) is 0 Å². The molecule has 0 aliphatic carbocycles. The van der Waals surface area contributed by atoms with Gasteiger partial charge >= 0.3 is 5.69 Å². The highest BCUT2D eigenvalue weighted by molar-refractivity contribution is 5.33. The fraction of sp³-hybridized carbons (Fsp3) is 0.111. The van der Waals surface area contributed by atoms with Crippen molar-refractivity contribution in [1.29, 1.82) is 0 Å². The molecule has 2 rings (SSSR count). The van der Waals surface area contributed by atoms with Crippen LogP contribution in [0.2, 0.25) is 0 Å². The highest BCUT2D eigenvalue weighted by Gasteiger charge is 1.99. The number of nitrogens with zero attached hydrogens (tertiary/aromatic N) is 2. The van der Waals surface area contributed by atoms with Crippen molar-refractivity contribution in [2.45, 2.75) is 6.92 Å². The van der Waals surface area contributed by atoms with E-state index in [2.05, 4.69) is 10.1 Å². The van der Waals surface area contributed by atoms with E-state index in [-0.39, 0.29) is 5.69 Å². The van der Waals surface area contributed by atoms with Crippen molar-refractivity contribution >= 4 is 0 Å². The van der Waals surface area contributed by atoms with E-state index < -0.39 is 0 Å². The van der Waals surface area contributed by atoms with Gasteiger partial charge < -0.3 is 0 Å². The summed E-state index contributed by atoms with van der Waals surface area (Å²) in [7, 11) is 0. The SMILES string of the molecule is Cc1cccc(-n2nc[nH]c2=O)c1. The van der Waals surface area contributed by atoms with Crippen LogP contribution in [-0.2, 0) is 0 Å². The standard InChI is InChI=1S/C9H9N3O/c1-7-3-2-4-8(5-7)12-9(13)10-6-11-12/h2-6H,1H3,(H,10,11,13). The first-order valence-electron chi connectivity index (χ1n) is 3.97. The zero-order valence-electron chi connectivity index (χ0n) is 7.19.